The van der Waals surface area contributed by atoms with Crippen LogP contribution in [0.15, 0.2) is 0 Å². The van der Waals surface area contributed by atoms with Gasteiger partial charge in [-0.25, -0.2) is 9.13 Å². The number of phosphoric ester groups is 2. The smallest absolute Gasteiger partial charge is 0.462 e. The molecule has 0 aliphatic rings. The van der Waals surface area contributed by atoms with Gasteiger partial charge in [0, 0.05) is 25.7 Å². The predicted molar refractivity (Wildman–Crippen MR) is 400 cm³/mol. The molecule has 0 amide bonds. The van der Waals surface area contributed by atoms with E-state index in [1.807, 2.05) is 0 Å². The lowest BCUT2D eigenvalue weighted by atomic mass is 10.0. The van der Waals surface area contributed by atoms with Gasteiger partial charge in [0.15, 0.2) is 12.2 Å². The number of aliphatic hydroxyl groups excluding tert-OH is 1. The summed E-state index contributed by atoms with van der Waals surface area (Å²) in [7, 11) is -9.92. The Labute approximate surface area is 600 Å². The summed E-state index contributed by atoms with van der Waals surface area (Å²) >= 11 is 0. The van der Waals surface area contributed by atoms with Crippen LogP contribution >= 0.6 is 15.6 Å². The highest BCUT2D eigenvalue weighted by molar-refractivity contribution is 7.47. The van der Waals surface area contributed by atoms with Crippen molar-refractivity contribution in [3.8, 4) is 0 Å². The molecule has 0 bridgehead atoms. The summed E-state index contributed by atoms with van der Waals surface area (Å²) in [5.41, 5.74) is 0. The fraction of sp³-hybridized carbons (Fsp3) is 0.949. The molecule has 0 aromatic carbocycles. The topological polar surface area (TPSA) is 237 Å². The highest BCUT2D eigenvalue weighted by atomic mass is 31.2. The van der Waals surface area contributed by atoms with Crippen LogP contribution in [-0.4, -0.2) is 96.7 Å². The number of hydrogen-bond donors (Lipinski definition) is 3. The predicted octanol–water partition coefficient (Wildman–Crippen LogP) is 23.2. The van der Waals surface area contributed by atoms with Gasteiger partial charge in [-0.05, 0) is 49.4 Å². The number of aliphatic hydroxyl groups is 1. The molecule has 98 heavy (non-hydrogen) atoms. The normalized spacial score (nSPS) is 14.1. The van der Waals surface area contributed by atoms with E-state index in [1.54, 1.807) is 0 Å². The molecule has 3 unspecified atom stereocenters. The Morgan fingerprint density at radius 2 is 0.429 bits per heavy atom. The SMILES string of the molecule is CC(C)CCCCCCCCCCCCCCCCCCC(=O)OC[C@H](COP(=O)(O)OCC(O)COP(=O)(O)OC[C@@H](COC(=O)CCCCCCCCCC(C)C)OC(=O)CCCCCCCCCCC(C)C)OC(=O)CCCCCCCCCCCCCCCCCC(C)C. The third kappa shape index (κ3) is 72.4. The van der Waals surface area contributed by atoms with Crippen molar-refractivity contribution in [1.82, 2.24) is 0 Å². The maximum absolute atomic E-state index is 13.1. The summed E-state index contributed by atoms with van der Waals surface area (Å²) in [5, 5.41) is 10.6. The molecule has 0 aromatic heterocycles. The lowest BCUT2D eigenvalue weighted by Crippen LogP contribution is -2.30. The van der Waals surface area contributed by atoms with Crippen LogP contribution in [0, 0.1) is 23.7 Å². The van der Waals surface area contributed by atoms with Gasteiger partial charge in [-0.1, -0.05) is 351 Å². The quantitative estimate of drug-likeness (QED) is 0.0222. The Bertz CT molecular complexity index is 1920. The molecule has 19 heteroatoms. The molecule has 582 valence electrons. The number of carbonyl (C=O) groups excluding carboxylic acids is 4. The Kier molecular flexibility index (Phi) is 66.8. The first-order valence-electron chi connectivity index (χ1n) is 40.7. The monoisotopic (exact) mass is 1440 g/mol. The Balaban J connectivity index is 5.22. The zero-order valence-electron chi connectivity index (χ0n) is 64.4. The van der Waals surface area contributed by atoms with E-state index >= 15 is 0 Å². The van der Waals surface area contributed by atoms with Gasteiger partial charge in [-0.2, -0.15) is 0 Å². The summed E-state index contributed by atoms with van der Waals surface area (Å²) in [6.07, 6.45) is 54.3. The summed E-state index contributed by atoms with van der Waals surface area (Å²) < 4.78 is 68.6. The second kappa shape index (κ2) is 68.2. The zero-order valence-corrected chi connectivity index (χ0v) is 66.2. The molecule has 3 N–H and O–H groups in total. The number of esters is 4. The molecule has 0 saturated heterocycles. The summed E-state index contributed by atoms with van der Waals surface area (Å²) in [6, 6.07) is 0. The van der Waals surface area contributed by atoms with Crippen molar-refractivity contribution in [1.29, 1.82) is 0 Å². The highest BCUT2D eigenvalue weighted by Crippen LogP contribution is 2.45. The van der Waals surface area contributed by atoms with Crippen molar-refractivity contribution >= 4 is 39.5 Å². The Hall–Kier alpha value is -1.94. The molecule has 17 nitrogen and oxygen atoms in total. The first-order valence-corrected chi connectivity index (χ1v) is 43.7. The minimum Gasteiger partial charge on any atom is -0.462 e. The first kappa shape index (κ1) is 96.1. The second-order valence-electron chi connectivity index (χ2n) is 30.4. The second-order valence-corrected chi connectivity index (χ2v) is 33.3. The molecule has 0 heterocycles. The van der Waals surface area contributed by atoms with Crippen molar-refractivity contribution in [3.63, 3.8) is 0 Å². The minimum absolute atomic E-state index is 0.103. The maximum Gasteiger partial charge on any atom is 0.472 e. The van der Waals surface area contributed by atoms with Crippen molar-refractivity contribution in [2.75, 3.05) is 39.6 Å². The van der Waals surface area contributed by atoms with E-state index in [0.717, 1.165) is 114 Å². The molecule has 0 fully saturated rings. The van der Waals surface area contributed by atoms with Crippen LogP contribution in [0.25, 0.3) is 0 Å². The molecule has 0 aliphatic carbocycles. The first-order chi connectivity index (χ1) is 47.1. The summed E-state index contributed by atoms with van der Waals surface area (Å²) in [4.78, 5) is 72.9. The van der Waals surface area contributed by atoms with Crippen molar-refractivity contribution in [2.45, 2.75) is 420 Å². The number of rotatable bonds is 76. The molecule has 0 aliphatic heterocycles. The number of carbonyl (C=O) groups is 4. The average Bonchev–Trinajstić information content (AvgIpc) is 1.02. The van der Waals surface area contributed by atoms with Gasteiger partial charge in [0.1, 0.15) is 19.3 Å². The molecular weight excluding hydrogens is 1280 g/mol. The van der Waals surface area contributed by atoms with Gasteiger partial charge in [0.2, 0.25) is 0 Å². The van der Waals surface area contributed by atoms with Gasteiger partial charge >= 0.3 is 39.5 Å². The van der Waals surface area contributed by atoms with Crippen LogP contribution < -0.4 is 0 Å². The largest absolute Gasteiger partial charge is 0.472 e. The molecule has 0 saturated carbocycles. The van der Waals surface area contributed by atoms with E-state index < -0.39 is 97.5 Å². The lowest BCUT2D eigenvalue weighted by Gasteiger charge is -2.21. The van der Waals surface area contributed by atoms with Crippen LogP contribution in [0.5, 0.6) is 0 Å². The van der Waals surface area contributed by atoms with Crippen LogP contribution in [0.2, 0.25) is 0 Å². The van der Waals surface area contributed by atoms with Crippen molar-refractivity contribution in [3.05, 3.63) is 0 Å². The molecule has 5 atom stereocenters. The van der Waals surface area contributed by atoms with Gasteiger partial charge in [-0.3, -0.25) is 37.3 Å². The van der Waals surface area contributed by atoms with Crippen molar-refractivity contribution in [2.24, 2.45) is 23.7 Å². The summed E-state index contributed by atoms with van der Waals surface area (Å²) in [6.45, 7) is 14.2. The van der Waals surface area contributed by atoms with Gasteiger partial charge in [0.05, 0.1) is 26.4 Å². The van der Waals surface area contributed by atoms with Gasteiger partial charge in [0.25, 0.3) is 0 Å². The van der Waals surface area contributed by atoms with Crippen LogP contribution in [0.3, 0.4) is 0 Å². The van der Waals surface area contributed by atoms with E-state index in [-0.39, 0.29) is 25.7 Å². The Morgan fingerprint density at radius 1 is 0.255 bits per heavy atom. The fourth-order valence-electron chi connectivity index (χ4n) is 12.1. The van der Waals surface area contributed by atoms with E-state index in [2.05, 4.69) is 55.4 Å². The van der Waals surface area contributed by atoms with E-state index in [9.17, 15) is 43.2 Å². The molecule has 0 rings (SSSR count). The number of hydrogen-bond acceptors (Lipinski definition) is 15. The van der Waals surface area contributed by atoms with Crippen molar-refractivity contribution < 1.29 is 80.2 Å². The van der Waals surface area contributed by atoms with Crippen LogP contribution in [0.1, 0.15) is 402 Å². The average molecular weight is 1440 g/mol. The minimum atomic E-state index is -4.96. The van der Waals surface area contributed by atoms with E-state index in [1.165, 1.54) is 199 Å². The van der Waals surface area contributed by atoms with Crippen LogP contribution in [0.4, 0.5) is 0 Å². The molecule has 0 radical (unpaired) electrons. The Morgan fingerprint density at radius 3 is 0.633 bits per heavy atom. The lowest BCUT2D eigenvalue weighted by molar-refractivity contribution is -0.161. The standard InChI is InChI=1S/C79H154O17P2/c1-69(2)55-47-39-31-24-20-16-12-9-10-14-18-22-26-35-43-51-59-76(81)89-65-74(95-78(83)61-53-45-36-27-23-19-15-11-13-17-21-25-32-40-48-56-70(3)4)67-93-97(85,86)91-63-73(80)64-92-98(87,88)94-68-75(66-90-77(82)60-52-44-38-30-34-42-50-58-72(7)8)96-79(84)62-54-46-37-29-28-33-41-49-57-71(5)6/h69-75,80H,9-68H2,1-8H3,(H,85,86)(H,87,88)/t73?,74-,75-/m1/s1. The van der Waals surface area contributed by atoms with Gasteiger partial charge in [-0.15, -0.1) is 0 Å². The fourth-order valence-corrected chi connectivity index (χ4v) is 13.7. The highest BCUT2D eigenvalue weighted by Gasteiger charge is 2.30. The third-order valence-corrected chi connectivity index (χ3v) is 20.2. The number of ether oxygens (including phenoxy) is 4. The van der Waals surface area contributed by atoms with Gasteiger partial charge < -0.3 is 33.8 Å². The molecule has 0 spiro atoms. The number of phosphoric acid groups is 2. The maximum atomic E-state index is 13.1. The third-order valence-electron chi connectivity index (χ3n) is 18.3. The molecular formula is C79H154O17P2. The van der Waals surface area contributed by atoms with Crippen LogP contribution in [-0.2, 0) is 65.4 Å². The van der Waals surface area contributed by atoms with E-state index in [4.69, 9.17) is 37.0 Å². The molecule has 0 aromatic rings. The number of unbranched alkanes of at least 4 members (excludes halogenated alkanes) is 42. The zero-order chi connectivity index (χ0) is 72.4. The van der Waals surface area contributed by atoms with E-state index in [0.29, 0.717) is 31.6 Å². The summed E-state index contributed by atoms with van der Waals surface area (Å²) in [5.74, 6) is 0.919.